The summed E-state index contributed by atoms with van der Waals surface area (Å²) >= 11 is 0. The van der Waals surface area contributed by atoms with Gasteiger partial charge in [0.2, 0.25) is 0 Å². The number of ether oxygens (including phenoxy) is 2. The Morgan fingerprint density at radius 3 is 0.944 bits per heavy atom. The molecule has 0 aromatic heterocycles. The lowest BCUT2D eigenvalue weighted by molar-refractivity contribution is -0.161. The molecule has 0 bridgehead atoms. The van der Waals surface area contributed by atoms with E-state index in [0.29, 0.717) is 6.42 Å². The number of carbonyl (C=O) groups excluding carboxylic acids is 2. The number of hydrogen-bond donors (Lipinski definition) is 2. The number of unbranched alkanes of at least 4 members (excludes halogenated alkanes) is 34. The Kier molecular flexibility index (Phi) is 40.9. The van der Waals surface area contributed by atoms with E-state index in [1.807, 2.05) is 0 Å². The molecule has 0 amide bonds. The van der Waals surface area contributed by atoms with Gasteiger partial charge in [0.25, 0.3) is 0 Å². The molecule has 0 radical (unpaired) electrons. The van der Waals surface area contributed by atoms with E-state index in [1.54, 1.807) is 0 Å². The van der Waals surface area contributed by atoms with E-state index in [-0.39, 0.29) is 19.4 Å². The fourth-order valence-electron chi connectivity index (χ4n) is 7.14. The molecule has 0 spiro atoms. The first-order valence-electron chi connectivity index (χ1n) is 23.3. The second kappa shape index (κ2) is 41.7. The number of phosphoric acid groups is 1. The number of carbonyl (C=O) groups is 2. The molecule has 0 heterocycles. The summed E-state index contributed by atoms with van der Waals surface area (Å²) in [6, 6.07) is 0. The van der Waals surface area contributed by atoms with Gasteiger partial charge in [0.15, 0.2) is 6.10 Å². The maximum atomic E-state index is 12.4. The number of esters is 2. The van der Waals surface area contributed by atoms with E-state index in [1.165, 1.54) is 193 Å². The van der Waals surface area contributed by atoms with Gasteiger partial charge in [-0.2, -0.15) is 0 Å². The molecule has 9 heteroatoms. The first-order chi connectivity index (χ1) is 26.3. The second-order valence-corrected chi connectivity index (χ2v) is 17.3. The molecule has 2 N–H and O–H groups in total. The molecule has 0 rings (SSSR count). The third-order valence-electron chi connectivity index (χ3n) is 10.6. The molecule has 0 fully saturated rings. The molecule has 0 aliphatic carbocycles. The van der Waals surface area contributed by atoms with E-state index in [2.05, 4.69) is 18.4 Å². The van der Waals surface area contributed by atoms with Crippen LogP contribution in [0.25, 0.3) is 0 Å². The van der Waals surface area contributed by atoms with Gasteiger partial charge in [-0.3, -0.25) is 14.1 Å². The molecule has 0 unspecified atom stereocenters. The summed E-state index contributed by atoms with van der Waals surface area (Å²) in [6.07, 6.45) is 45.4. The smallest absolute Gasteiger partial charge is 0.462 e. The van der Waals surface area contributed by atoms with Crippen molar-refractivity contribution in [2.24, 2.45) is 0 Å². The van der Waals surface area contributed by atoms with Crippen molar-refractivity contribution in [1.29, 1.82) is 0 Å². The Morgan fingerprint density at radius 1 is 0.407 bits per heavy atom. The maximum absolute atomic E-state index is 12.4. The summed E-state index contributed by atoms with van der Waals surface area (Å²) in [7, 11) is -4.75. The van der Waals surface area contributed by atoms with Crippen LogP contribution in [0.1, 0.15) is 258 Å². The molecule has 0 aliphatic heterocycles. The minimum Gasteiger partial charge on any atom is -0.462 e. The van der Waals surface area contributed by atoms with Crippen LogP contribution in [0, 0.1) is 0 Å². The van der Waals surface area contributed by atoms with Crippen LogP contribution in [0.2, 0.25) is 0 Å². The minimum atomic E-state index is -4.75. The molecule has 0 saturated carbocycles. The third kappa shape index (κ3) is 43.8. The van der Waals surface area contributed by atoms with Crippen LogP contribution in [0.15, 0.2) is 0 Å². The first-order valence-corrected chi connectivity index (χ1v) is 24.9. The molecule has 0 aliphatic rings. The van der Waals surface area contributed by atoms with Crippen molar-refractivity contribution in [3.63, 3.8) is 0 Å². The number of rotatable bonds is 44. The quantitative estimate of drug-likeness (QED) is 0.0356. The summed E-state index contributed by atoms with van der Waals surface area (Å²) in [4.78, 5) is 43.0. The molecular weight excluding hydrogens is 699 g/mol. The van der Waals surface area contributed by atoms with Crippen LogP contribution in [-0.2, 0) is 28.2 Å². The van der Waals surface area contributed by atoms with Crippen molar-refractivity contribution in [3.05, 3.63) is 0 Å². The predicted molar refractivity (Wildman–Crippen MR) is 226 cm³/mol. The number of phosphoric ester groups is 1. The molecule has 8 nitrogen and oxygen atoms in total. The Labute approximate surface area is 334 Å². The van der Waals surface area contributed by atoms with Gasteiger partial charge in [0.1, 0.15) is 6.61 Å². The van der Waals surface area contributed by atoms with E-state index in [4.69, 9.17) is 19.3 Å². The largest absolute Gasteiger partial charge is 0.469 e. The van der Waals surface area contributed by atoms with Gasteiger partial charge in [0, 0.05) is 12.8 Å². The monoisotopic (exact) mass is 789 g/mol. The molecule has 0 aromatic carbocycles. The van der Waals surface area contributed by atoms with Crippen molar-refractivity contribution >= 4 is 19.8 Å². The van der Waals surface area contributed by atoms with Gasteiger partial charge < -0.3 is 19.3 Å². The van der Waals surface area contributed by atoms with Crippen LogP contribution in [-0.4, -0.2) is 41.0 Å². The van der Waals surface area contributed by atoms with Gasteiger partial charge in [0.05, 0.1) is 6.61 Å². The van der Waals surface area contributed by atoms with Gasteiger partial charge in [-0.25, -0.2) is 4.57 Å². The van der Waals surface area contributed by atoms with Crippen LogP contribution < -0.4 is 0 Å². The van der Waals surface area contributed by atoms with Crippen molar-refractivity contribution in [2.45, 2.75) is 264 Å². The average molecular weight is 789 g/mol. The van der Waals surface area contributed by atoms with Crippen LogP contribution in [0.5, 0.6) is 0 Å². The van der Waals surface area contributed by atoms with Gasteiger partial charge in [-0.15, -0.1) is 0 Å². The molecule has 0 aromatic rings. The topological polar surface area (TPSA) is 119 Å². The van der Waals surface area contributed by atoms with Crippen molar-refractivity contribution < 1.29 is 37.9 Å². The highest BCUT2D eigenvalue weighted by molar-refractivity contribution is 7.46. The van der Waals surface area contributed by atoms with Crippen molar-refractivity contribution in [2.75, 3.05) is 13.2 Å². The lowest BCUT2D eigenvalue weighted by Crippen LogP contribution is -2.29. The lowest BCUT2D eigenvalue weighted by atomic mass is 10.0. The highest BCUT2D eigenvalue weighted by atomic mass is 31.2. The Balaban J connectivity index is 3.80. The van der Waals surface area contributed by atoms with Gasteiger partial charge in [-0.05, 0) is 12.8 Å². The normalized spacial score (nSPS) is 12.3. The average Bonchev–Trinajstić information content (AvgIpc) is 3.14. The Bertz CT molecular complexity index is 848. The summed E-state index contributed by atoms with van der Waals surface area (Å²) in [5, 5.41) is 0. The van der Waals surface area contributed by atoms with Crippen LogP contribution in [0.3, 0.4) is 0 Å². The summed E-state index contributed by atoms with van der Waals surface area (Å²) in [6.45, 7) is 3.74. The SMILES string of the molecule is CCCCCCCCCCCCCCCCCCCCCCC(=O)O[C@H](COC(=O)CCCCCCCCCCCCCCCCCC)COP(=O)(O)O. The highest BCUT2D eigenvalue weighted by Crippen LogP contribution is 2.36. The van der Waals surface area contributed by atoms with E-state index in [9.17, 15) is 14.2 Å². The van der Waals surface area contributed by atoms with E-state index < -0.39 is 32.5 Å². The first kappa shape index (κ1) is 53.0. The Morgan fingerprint density at radius 2 is 0.667 bits per heavy atom. The van der Waals surface area contributed by atoms with Gasteiger partial charge >= 0.3 is 19.8 Å². The molecule has 54 heavy (non-hydrogen) atoms. The standard InChI is InChI=1S/C45H89O8P/c1-3-5-7-9-11-13-15-17-19-21-22-23-24-26-28-30-32-34-36-38-40-45(47)53-43(42-52-54(48,49)50)41-51-44(46)39-37-35-33-31-29-27-25-20-18-16-14-12-10-8-6-4-2/h43H,3-42H2,1-2H3,(H2,48,49,50)/t43-/m1/s1. The fraction of sp³-hybridized carbons (Fsp3) is 0.956. The molecule has 1 atom stereocenters. The summed E-state index contributed by atoms with van der Waals surface area (Å²) in [5.41, 5.74) is 0. The zero-order valence-electron chi connectivity index (χ0n) is 35.7. The fourth-order valence-corrected chi connectivity index (χ4v) is 7.50. The maximum Gasteiger partial charge on any atom is 0.469 e. The van der Waals surface area contributed by atoms with Crippen LogP contribution >= 0.6 is 7.82 Å². The Hall–Kier alpha value is -0.950. The molecule has 322 valence electrons. The van der Waals surface area contributed by atoms with E-state index in [0.717, 1.165) is 32.1 Å². The summed E-state index contributed by atoms with van der Waals surface area (Å²) < 4.78 is 26.5. The lowest BCUT2D eigenvalue weighted by Gasteiger charge is -2.18. The molecule has 0 saturated heterocycles. The third-order valence-corrected chi connectivity index (χ3v) is 11.1. The molecular formula is C45H89O8P. The van der Waals surface area contributed by atoms with Crippen molar-refractivity contribution in [1.82, 2.24) is 0 Å². The second-order valence-electron chi connectivity index (χ2n) is 16.1. The minimum absolute atomic E-state index is 0.221. The zero-order chi connectivity index (χ0) is 39.6. The van der Waals surface area contributed by atoms with Crippen molar-refractivity contribution in [3.8, 4) is 0 Å². The van der Waals surface area contributed by atoms with Gasteiger partial charge in [-0.1, -0.05) is 232 Å². The zero-order valence-corrected chi connectivity index (χ0v) is 36.5. The van der Waals surface area contributed by atoms with E-state index >= 15 is 0 Å². The number of hydrogen-bond acceptors (Lipinski definition) is 6. The highest BCUT2D eigenvalue weighted by Gasteiger charge is 2.23. The summed E-state index contributed by atoms with van der Waals surface area (Å²) in [5.74, 6) is -0.864. The van der Waals surface area contributed by atoms with Crippen LogP contribution in [0.4, 0.5) is 0 Å². The predicted octanol–water partition coefficient (Wildman–Crippen LogP) is 14.4.